The van der Waals surface area contributed by atoms with Gasteiger partial charge in [-0.25, -0.2) is 0 Å². The highest BCUT2D eigenvalue weighted by Gasteiger charge is 2.21. The Morgan fingerprint density at radius 3 is 2.52 bits per heavy atom. The molecule has 21 heavy (non-hydrogen) atoms. The summed E-state index contributed by atoms with van der Waals surface area (Å²) < 4.78 is 1.92. The van der Waals surface area contributed by atoms with Crippen LogP contribution in [-0.4, -0.2) is 20.9 Å². The van der Waals surface area contributed by atoms with E-state index in [9.17, 15) is 9.90 Å². The number of carboxylic acid groups (broad SMARTS) is 1. The molecule has 0 saturated heterocycles. The second kappa shape index (κ2) is 7.07. The number of carboxylic acids is 1. The summed E-state index contributed by atoms with van der Waals surface area (Å²) in [5.41, 5.74) is 3.09. The third kappa shape index (κ3) is 3.94. The maximum Gasteiger partial charge on any atom is 0.307 e. The second-order valence-electron chi connectivity index (χ2n) is 5.23. The van der Waals surface area contributed by atoms with E-state index in [2.05, 4.69) is 12.0 Å². The van der Waals surface area contributed by atoms with Gasteiger partial charge in [0.15, 0.2) is 0 Å². The van der Waals surface area contributed by atoms with E-state index in [1.165, 1.54) is 0 Å². The smallest absolute Gasteiger partial charge is 0.307 e. The van der Waals surface area contributed by atoms with Crippen LogP contribution >= 0.6 is 0 Å². The molecule has 1 heterocycles. The van der Waals surface area contributed by atoms with E-state index in [1.807, 2.05) is 48.0 Å². The molecule has 1 atom stereocenters. The van der Waals surface area contributed by atoms with E-state index in [1.54, 1.807) is 0 Å². The van der Waals surface area contributed by atoms with E-state index < -0.39 is 11.9 Å². The summed E-state index contributed by atoms with van der Waals surface area (Å²) in [6.45, 7) is 4.86. The molecule has 0 fully saturated rings. The molecule has 0 spiro atoms. The standard InChI is InChI=1S/C17H22N2O2/c1-3-15-12-16(19(4-2)18-15)11-14(17(20)21)10-13-8-6-5-7-9-13/h5-9,12,14H,3-4,10-11H2,1-2H3,(H,20,21). The van der Waals surface area contributed by atoms with Crippen LogP contribution in [0.15, 0.2) is 36.4 Å². The molecular weight excluding hydrogens is 264 g/mol. The van der Waals surface area contributed by atoms with Crippen LogP contribution in [-0.2, 0) is 30.6 Å². The highest BCUT2D eigenvalue weighted by molar-refractivity contribution is 5.70. The SMILES string of the molecule is CCc1cc(CC(Cc2ccccc2)C(=O)O)n(CC)n1. The summed E-state index contributed by atoms with van der Waals surface area (Å²) >= 11 is 0. The van der Waals surface area contributed by atoms with Gasteiger partial charge in [-0.2, -0.15) is 5.10 Å². The molecule has 112 valence electrons. The third-order valence-corrected chi connectivity index (χ3v) is 3.71. The van der Waals surface area contributed by atoms with Gasteiger partial charge < -0.3 is 5.11 Å². The van der Waals surface area contributed by atoms with Crippen LogP contribution in [0.5, 0.6) is 0 Å². The molecule has 0 aliphatic carbocycles. The lowest BCUT2D eigenvalue weighted by Gasteiger charge is -2.13. The number of nitrogens with zero attached hydrogens (tertiary/aromatic N) is 2. The zero-order chi connectivity index (χ0) is 15.2. The largest absolute Gasteiger partial charge is 0.481 e. The zero-order valence-electron chi connectivity index (χ0n) is 12.6. The van der Waals surface area contributed by atoms with Crippen molar-refractivity contribution in [3.8, 4) is 0 Å². The van der Waals surface area contributed by atoms with E-state index in [-0.39, 0.29) is 0 Å². The normalized spacial score (nSPS) is 12.3. The first kappa shape index (κ1) is 15.3. The molecule has 2 rings (SSSR count). The Kier molecular flexibility index (Phi) is 5.14. The molecule has 1 N–H and O–H groups in total. The van der Waals surface area contributed by atoms with Crippen LogP contribution in [0.1, 0.15) is 30.8 Å². The third-order valence-electron chi connectivity index (χ3n) is 3.71. The Labute approximate surface area is 125 Å². The summed E-state index contributed by atoms with van der Waals surface area (Å²) in [6, 6.07) is 11.8. The molecule has 0 bridgehead atoms. The predicted molar refractivity (Wildman–Crippen MR) is 82.3 cm³/mol. The first-order chi connectivity index (χ1) is 10.1. The molecular formula is C17H22N2O2. The Morgan fingerprint density at radius 1 is 1.24 bits per heavy atom. The molecule has 1 aromatic heterocycles. The number of aryl methyl sites for hydroxylation is 2. The fourth-order valence-corrected chi connectivity index (χ4v) is 2.52. The van der Waals surface area contributed by atoms with Gasteiger partial charge in [0, 0.05) is 18.7 Å². The number of aliphatic carboxylic acids is 1. The van der Waals surface area contributed by atoms with E-state index >= 15 is 0 Å². The summed E-state index contributed by atoms with van der Waals surface area (Å²) in [7, 11) is 0. The maximum absolute atomic E-state index is 11.6. The van der Waals surface area contributed by atoms with Crippen molar-refractivity contribution in [3.63, 3.8) is 0 Å². The monoisotopic (exact) mass is 286 g/mol. The van der Waals surface area contributed by atoms with Crippen LogP contribution in [0, 0.1) is 5.92 Å². The fraction of sp³-hybridized carbons (Fsp3) is 0.412. The molecule has 0 aliphatic rings. The molecule has 0 aliphatic heterocycles. The minimum absolute atomic E-state index is 0.417. The molecule has 0 radical (unpaired) electrons. The van der Waals surface area contributed by atoms with Crippen LogP contribution in [0.3, 0.4) is 0 Å². The Balaban J connectivity index is 2.16. The van der Waals surface area contributed by atoms with Crippen molar-refractivity contribution < 1.29 is 9.90 Å². The molecule has 4 nitrogen and oxygen atoms in total. The highest BCUT2D eigenvalue weighted by atomic mass is 16.4. The van der Waals surface area contributed by atoms with Crippen molar-refractivity contribution in [1.29, 1.82) is 0 Å². The number of hydrogen-bond donors (Lipinski definition) is 1. The van der Waals surface area contributed by atoms with Gasteiger partial charge in [0.25, 0.3) is 0 Å². The lowest BCUT2D eigenvalue weighted by Crippen LogP contribution is -2.21. The Hall–Kier alpha value is -2.10. The zero-order valence-corrected chi connectivity index (χ0v) is 12.6. The average Bonchev–Trinajstić information content (AvgIpc) is 2.89. The average molecular weight is 286 g/mol. The van der Waals surface area contributed by atoms with E-state index in [4.69, 9.17) is 0 Å². The topological polar surface area (TPSA) is 55.1 Å². The first-order valence-electron chi connectivity index (χ1n) is 7.46. The molecule has 0 saturated carbocycles. The van der Waals surface area contributed by atoms with E-state index in [0.29, 0.717) is 12.8 Å². The highest BCUT2D eigenvalue weighted by Crippen LogP contribution is 2.17. The number of rotatable bonds is 7. The van der Waals surface area contributed by atoms with Crippen molar-refractivity contribution in [2.75, 3.05) is 0 Å². The Morgan fingerprint density at radius 2 is 1.95 bits per heavy atom. The molecule has 0 amide bonds. The molecule has 4 heteroatoms. The lowest BCUT2D eigenvalue weighted by atomic mass is 9.94. The van der Waals surface area contributed by atoms with Gasteiger partial charge in [-0.3, -0.25) is 9.48 Å². The van der Waals surface area contributed by atoms with Crippen LogP contribution in [0.2, 0.25) is 0 Å². The minimum atomic E-state index is -0.749. The van der Waals surface area contributed by atoms with Gasteiger partial charge in [-0.1, -0.05) is 37.3 Å². The fourth-order valence-electron chi connectivity index (χ4n) is 2.52. The predicted octanol–water partition coefficient (Wildman–Crippen LogP) is 2.95. The number of carbonyl (C=O) groups is 1. The first-order valence-corrected chi connectivity index (χ1v) is 7.46. The van der Waals surface area contributed by atoms with E-state index in [0.717, 1.165) is 29.9 Å². The number of aromatic nitrogens is 2. The van der Waals surface area contributed by atoms with Crippen molar-refractivity contribution in [1.82, 2.24) is 9.78 Å². The van der Waals surface area contributed by atoms with Crippen molar-refractivity contribution in [2.45, 2.75) is 39.7 Å². The summed E-state index contributed by atoms with van der Waals surface area (Å²) in [4.78, 5) is 11.6. The van der Waals surface area contributed by atoms with Crippen molar-refractivity contribution in [3.05, 3.63) is 53.3 Å². The summed E-state index contributed by atoms with van der Waals surface area (Å²) in [5, 5.41) is 14.0. The lowest BCUT2D eigenvalue weighted by molar-refractivity contribution is -0.141. The quantitative estimate of drug-likeness (QED) is 0.851. The number of benzene rings is 1. The van der Waals surface area contributed by atoms with Crippen molar-refractivity contribution in [2.24, 2.45) is 5.92 Å². The van der Waals surface area contributed by atoms with Crippen LogP contribution in [0.4, 0.5) is 0 Å². The van der Waals surface area contributed by atoms with Gasteiger partial charge in [0.1, 0.15) is 0 Å². The molecule has 1 unspecified atom stereocenters. The van der Waals surface area contributed by atoms with Crippen LogP contribution in [0.25, 0.3) is 0 Å². The van der Waals surface area contributed by atoms with Crippen molar-refractivity contribution >= 4 is 5.97 Å². The molecule has 1 aromatic carbocycles. The summed E-state index contributed by atoms with van der Waals surface area (Å²) in [6.07, 6.45) is 1.94. The number of hydrogen-bond acceptors (Lipinski definition) is 2. The maximum atomic E-state index is 11.6. The van der Waals surface area contributed by atoms with Crippen LogP contribution < -0.4 is 0 Å². The minimum Gasteiger partial charge on any atom is -0.481 e. The van der Waals surface area contributed by atoms with Gasteiger partial charge in [-0.05, 0) is 31.4 Å². The second-order valence-corrected chi connectivity index (χ2v) is 5.23. The summed E-state index contributed by atoms with van der Waals surface area (Å²) in [5.74, 6) is -1.17. The van der Waals surface area contributed by atoms with Gasteiger partial charge in [-0.15, -0.1) is 0 Å². The van der Waals surface area contributed by atoms with Gasteiger partial charge in [0.2, 0.25) is 0 Å². The van der Waals surface area contributed by atoms with Gasteiger partial charge in [0.05, 0.1) is 11.6 Å². The molecule has 2 aromatic rings. The van der Waals surface area contributed by atoms with Gasteiger partial charge >= 0.3 is 5.97 Å². The Bertz CT molecular complexity index is 590.